The number of anilines is 3. The van der Waals surface area contributed by atoms with Gasteiger partial charge >= 0.3 is 12.2 Å². The summed E-state index contributed by atoms with van der Waals surface area (Å²) >= 11 is 0. The van der Waals surface area contributed by atoms with Gasteiger partial charge in [0.05, 0.1) is 23.7 Å². The van der Waals surface area contributed by atoms with E-state index in [1.165, 1.54) is 6.33 Å². The zero-order chi connectivity index (χ0) is 27.7. The molecule has 0 saturated heterocycles. The zero-order valence-corrected chi connectivity index (χ0v) is 21.4. The molecule has 5 rings (SSSR count). The van der Waals surface area contributed by atoms with Crippen molar-refractivity contribution in [3.8, 4) is 28.2 Å². The minimum atomic E-state index is -4.69. The molecule has 0 aliphatic rings. The quantitative estimate of drug-likeness (QED) is 0.189. The average Bonchev–Trinajstić information content (AvgIpc) is 3.31. The molecule has 5 aromatic rings. The first-order valence-electron chi connectivity index (χ1n) is 11.4. The summed E-state index contributed by atoms with van der Waals surface area (Å²) in [6.45, 7) is 0. The molecule has 2 amide bonds. The van der Waals surface area contributed by atoms with E-state index in [-0.39, 0.29) is 23.9 Å². The Balaban J connectivity index is 0.00000370. The monoisotopic (exact) mass is 573 g/mol. The Morgan fingerprint density at radius 3 is 2.27 bits per heavy atom. The molecular formula is C27H20ClF4N5O3. The number of nitrogen functional groups attached to an aromatic ring is 1. The second-order valence-corrected chi connectivity index (χ2v) is 8.32. The summed E-state index contributed by atoms with van der Waals surface area (Å²) in [6, 6.07) is 14.5. The molecule has 40 heavy (non-hydrogen) atoms. The van der Waals surface area contributed by atoms with Gasteiger partial charge in [-0.05, 0) is 60.2 Å². The van der Waals surface area contributed by atoms with Gasteiger partial charge in [0.2, 0.25) is 5.71 Å². The van der Waals surface area contributed by atoms with Crippen LogP contribution in [-0.4, -0.2) is 23.1 Å². The van der Waals surface area contributed by atoms with Gasteiger partial charge in [0.25, 0.3) is 0 Å². The summed E-state index contributed by atoms with van der Waals surface area (Å²) in [4.78, 5) is 20.6. The van der Waals surface area contributed by atoms with E-state index in [1.54, 1.807) is 43.5 Å². The van der Waals surface area contributed by atoms with Crippen molar-refractivity contribution < 1.29 is 31.5 Å². The fourth-order valence-electron chi connectivity index (χ4n) is 3.98. The topological polar surface area (TPSA) is 115 Å². The molecule has 0 aliphatic carbocycles. The second kappa shape index (κ2) is 11.1. The van der Waals surface area contributed by atoms with Crippen LogP contribution < -0.4 is 21.1 Å². The molecule has 8 nitrogen and oxygen atoms in total. The summed E-state index contributed by atoms with van der Waals surface area (Å²) in [5.74, 6) is 0.349. The number of carbonyl (C=O) groups is 1. The predicted molar refractivity (Wildman–Crippen MR) is 145 cm³/mol. The van der Waals surface area contributed by atoms with E-state index < -0.39 is 29.3 Å². The van der Waals surface area contributed by atoms with Gasteiger partial charge in [0.1, 0.15) is 29.5 Å². The summed E-state index contributed by atoms with van der Waals surface area (Å²) in [5, 5.41) is 5.07. The highest BCUT2D eigenvalue weighted by Crippen LogP contribution is 2.42. The number of amides is 2. The molecule has 3 aromatic carbocycles. The van der Waals surface area contributed by atoms with Crippen LogP contribution in [0.2, 0.25) is 0 Å². The second-order valence-electron chi connectivity index (χ2n) is 8.32. The Bertz CT molecular complexity index is 1670. The Kier molecular flexibility index (Phi) is 7.82. The lowest BCUT2D eigenvalue weighted by atomic mass is 9.99. The van der Waals surface area contributed by atoms with E-state index in [9.17, 15) is 22.4 Å². The summed E-state index contributed by atoms with van der Waals surface area (Å²) in [6.07, 6.45) is -3.39. The SMILES string of the molecule is COc1ccc(-c2oc3ncnc(N)c3c2-c2ccc(NC(=O)Nc3cc(C(F)(F)F)ccc3F)cc2)cc1.Cl. The van der Waals surface area contributed by atoms with Gasteiger partial charge in [-0.3, -0.25) is 0 Å². The molecule has 0 saturated carbocycles. The normalized spacial score (nSPS) is 11.1. The first-order chi connectivity index (χ1) is 18.6. The molecule has 0 aliphatic heterocycles. The number of hydrogen-bond donors (Lipinski definition) is 3. The Morgan fingerprint density at radius 1 is 0.950 bits per heavy atom. The molecule has 2 aromatic heterocycles. The number of furan rings is 1. The molecule has 0 radical (unpaired) electrons. The lowest BCUT2D eigenvalue weighted by molar-refractivity contribution is -0.137. The van der Waals surface area contributed by atoms with Gasteiger partial charge in [0, 0.05) is 16.8 Å². The van der Waals surface area contributed by atoms with Gasteiger partial charge in [0.15, 0.2) is 0 Å². The molecule has 0 fully saturated rings. The molecule has 0 unspecified atom stereocenters. The molecule has 0 bridgehead atoms. The number of halogens is 5. The Hall–Kier alpha value is -4.84. The van der Waals surface area contributed by atoms with Crippen LogP contribution in [0.3, 0.4) is 0 Å². The minimum absolute atomic E-state index is 0. The predicted octanol–water partition coefficient (Wildman–Crippen LogP) is 7.37. The Morgan fingerprint density at radius 2 is 1.62 bits per heavy atom. The van der Waals surface area contributed by atoms with E-state index in [0.717, 1.165) is 5.56 Å². The highest BCUT2D eigenvalue weighted by atomic mass is 35.5. The highest BCUT2D eigenvalue weighted by Gasteiger charge is 2.31. The number of nitrogens with one attached hydrogen (secondary N) is 2. The molecule has 0 spiro atoms. The number of aromatic nitrogens is 2. The van der Waals surface area contributed by atoms with E-state index in [4.69, 9.17) is 14.9 Å². The van der Waals surface area contributed by atoms with Gasteiger partial charge in [-0.25, -0.2) is 19.2 Å². The van der Waals surface area contributed by atoms with E-state index in [2.05, 4.69) is 20.6 Å². The third-order valence-electron chi connectivity index (χ3n) is 5.84. The van der Waals surface area contributed by atoms with Gasteiger partial charge < -0.3 is 25.5 Å². The van der Waals surface area contributed by atoms with Crippen LogP contribution in [0.15, 0.2) is 77.5 Å². The first-order valence-corrected chi connectivity index (χ1v) is 11.4. The maximum atomic E-state index is 14.0. The third-order valence-corrected chi connectivity index (χ3v) is 5.84. The van der Waals surface area contributed by atoms with Crippen molar-refractivity contribution in [2.24, 2.45) is 0 Å². The van der Waals surface area contributed by atoms with E-state index in [0.29, 0.717) is 51.9 Å². The number of nitrogens with zero attached hydrogens (tertiary/aromatic N) is 2. The van der Waals surface area contributed by atoms with Crippen molar-refractivity contribution in [1.29, 1.82) is 0 Å². The fourth-order valence-corrected chi connectivity index (χ4v) is 3.98. The number of ether oxygens (including phenoxy) is 1. The number of hydrogen-bond acceptors (Lipinski definition) is 6. The van der Waals surface area contributed by atoms with Crippen molar-refractivity contribution in [2.75, 3.05) is 23.5 Å². The average molecular weight is 574 g/mol. The third kappa shape index (κ3) is 5.61. The van der Waals surface area contributed by atoms with E-state index in [1.807, 2.05) is 12.1 Å². The summed E-state index contributed by atoms with van der Waals surface area (Å²) < 4.78 is 64.1. The molecule has 0 atom stereocenters. The van der Waals surface area contributed by atoms with Crippen molar-refractivity contribution in [3.05, 3.63) is 84.4 Å². The standard InChI is InChI=1S/C27H19F4N5O3.ClH/c1-38-18-9-4-15(5-10-18)23-21(22-24(32)33-13-34-25(22)39-23)14-2-7-17(8-3-14)35-26(37)36-20-12-16(27(29,30)31)6-11-19(20)28;/h2-13H,1H3,(H2,32,33,34)(H2,35,36,37);1H. The number of nitrogens with two attached hydrogens (primary N) is 1. The van der Waals surface area contributed by atoms with Crippen LogP contribution in [0.5, 0.6) is 5.75 Å². The Labute approximate surface area is 230 Å². The maximum absolute atomic E-state index is 14.0. The molecular weight excluding hydrogens is 554 g/mol. The van der Waals surface area contributed by atoms with Gasteiger partial charge in [-0.1, -0.05) is 12.1 Å². The lowest BCUT2D eigenvalue weighted by Gasteiger charge is -2.12. The van der Waals surface area contributed by atoms with Gasteiger partial charge in [-0.2, -0.15) is 13.2 Å². The van der Waals surface area contributed by atoms with Crippen LogP contribution in [0.1, 0.15) is 5.56 Å². The largest absolute Gasteiger partial charge is 0.497 e. The van der Waals surface area contributed by atoms with E-state index >= 15 is 0 Å². The molecule has 4 N–H and O–H groups in total. The van der Waals surface area contributed by atoms with Crippen LogP contribution in [0, 0.1) is 5.82 Å². The highest BCUT2D eigenvalue weighted by molar-refractivity contribution is 6.06. The lowest BCUT2D eigenvalue weighted by Crippen LogP contribution is -2.20. The molecule has 206 valence electrons. The molecule has 13 heteroatoms. The maximum Gasteiger partial charge on any atom is 0.416 e. The van der Waals surface area contributed by atoms with Crippen molar-refractivity contribution in [1.82, 2.24) is 9.97 Å². The number of rotatable bonds is 5. The molecule has 2 heterocycles. The zero-order valence-electron chi connectivity index (χ0n) is 20.5. The summed E-state index contributed by atoms with van der Waals surface area (Å²) in [7, 11) is 1.56. The van der Waals surface area contributed by atoms with Crippen LogP contribution >= 0.6 is 12.4 Å². The number of urea groups is 1. The van der Waals surface area contributed by atoms with Crippen LogP contribution in [0.4, 0.5) is 39.5 Å². The number of methoxy groups -OCH3 is 1. The van der Waals surface area contributed by atoms with Crippen LogP contribution in [-0.2, 0) is 6.18 Å². The minimum Gasteiger partial charge on any atom is -0.497 e. The van der Waals surface area contributed by atoms with Gasteiger partial charge in [-0.15, -0.1) is 12.4 Å². The number of carbonyl (C=O) groups excluding carboxylic acids is 1. The van der Waals surface area contributed by atoms with Crippen molar-refractivity contribution in [3.63, 3.8) is 0 Å². The smallest absolute Gasteiger partial charge is 0.416 e. The first kappa shape index (κ1) is 28.2. The number of alkyl halides is 3. The fraction of sp³-hybridized carbons (Fsp3) is 0.0741. The van der Waals surface area contributed by atoms with Crippen molar-refractivity contribution >= 4 is 46.7 Å². The summed E-state index contributed by atoms with van der Waals surface area (Å²) in [5.41, 5.74) is 7.05. The van der Waals surface area contributed by atoms with Crippen LogP contribution in [0.25, 0.3) is 33.6 Å². The number of fused-ring (bicyclic) bond motifs is 1. The number of benzene rings is 3. The van der Waals surface area contributed by atoms with Crippen molar-refractivity contribution in [2.45, 2.75) is 6.18 Å².